The molecular formula is C27H29NO6. The minimum absolute atomic E-state index is 0.0372. The van der Waals surface area contributed by atoms with E-state index in [1.165, 1.54) is 32.4 Å². The van der Waals surface area contributed by atoms with Gasteiger partial charge in [-0.05, 0) is 92.0 Å². The fourth-order valence-corrected chi connectivity index (χ4v) is 6.82. The first-order chi connectivity index (χ1) is 16.4. The molecule has 0 unspecified atom stereocenters. The largest absolute Gasteiger partial charge is 0.482 e. The second-order valence-corrected chi connectivity index (χ2v) is 10.1. The van der Waals surface area contributed by atoms with Crippen molar-refractivity contribution in [1.29, 1.82) is 0 Å². The van der Waals surface area contributed by atoms with Crippen molar-refractivity contribution < 1.29 is 29.0 Å². The van der Waals surface area contributed by atoms with E-state index >= 15 is 0 Å². The van der Waals surface area contributed by atoms with Crippen LogP contribution in [0.1, 0.15) is 64.8 Å². The maximum Gasteiger partial charge on any atom is 0.343 e. The Hall–Kier alpha value is -3.35. The molecule has 0 heterocycles. The SMILES string of the molecule is COC(=O)COc1ccc(C(=O)Nc2ccccc2C(=O)O)cc1C12CC3CC(CC(C3)C1)C2. The topological polar surface area (TPSA) is 102 Å². The highest BCUT2D eigenvalue weighted by Gasteiger charge is 2.52. The highest BCUT2D eigenvalue weighted by Crippen LogP contribution is 2.62. The number of carboxylic acid groups (broad SMARTS) is 1. The van der Waals surface area contributed by atoms with Crippen LogP contribution < -0.4 is 10.1 Å². The minimum Gasteiger partial charge on any atom is -0.482 e. The average Bonchev–Trinajstić information content (AvgIpc) is 2.81. The number of carboxylic acids is 1. The monoisotopic (exact) mass is 463 g/mol. The molecular weight excluding hydrogens is 434 g/mol. The van der Waals surface area contributed by atoms with Gasteiger partial charge in [-0.25, -0.2) is 9.59 Å². The van der Waals surface area contributed by atoms with Crippen LogP contribution in [0.25, 0.3) is 0 Å². The van der Waals surface area contributed by atoms with E-state index in [1.54, 1.807) is 30.3 Å². The van der Waals surface area contributed by atoms with E-state index in [0.717, 1.165) is 24.8 Å². The summed E-state index contributed by atoms with van der Waals surface area (Å²) in [5.74, 6) is 0.771. The number of carbonyl (C=O) groups excluding carboxylic acids is 2. The van der Waals surface area contributed by atoms with Crippen LogP contribution in [0.2, 0.25) is 0 Å². The Morgan fingerprint density at radius 3 is 2.26 bits per heavy atom. The summed E-state index contributed by atoms with van der Waals surface area (Å²) in [6.45, 7) is -0.187. The zero-order valence-corrected chi connectivity index (χ0v) is 19.2. The number of hydrogen-bond acceptors (Lipinski definition) is 5. The Kier molecular flexibility index (Phi) is 5.80. The number of esters is 1. The number of ether oxygens (including phenoxy) is 2. The lowest BCUT2D eigenvalue weighted by atomic mass is 9.48. The van der Waals surface area contributed by atoms with Crippen LogP contribution in [0, 0.1) is 17.8 Å². The number of anilines is 1. The van der Waals surface area contributed by atoms with Gasteiger partial charge >= 0.3 is 11.9 Å². The lowest BCUT2D eigenvalue weighted by Gasteiger charge is -2.57. The number of benzene rings is 2. The molecule has 6 rings (SSSR count). The number of nitrogens with one attached hydrogen (secondary N) is 1. The predicted molar refractivity (Wildman–Crippen MR) is 125 cm³/mol. The molecule has 4 fully saturated rings. The Morgan fingerprint density at radius 2 is 1.65 bits per heavy atom. The summed E-state index contributed by atoms with van der Waals surface area (Å²) in [6, 6.07) is 11.7. The maximum atomic E-state index is 13.2. The Morgan fingerprint density at radius 1 is 1.00 bits per heavy atom. The molecule has 0 aromatic heterocycles. The van der Waals surface area contributed by atoms with Crippen LogP contribution in [-0.2, 0) is 14.9 Å². The Labute approximate surface area is 198 Å². The number of aromatic carboxylic acids is 1. The van der Waals surface area contributed by atoms with Crippen molar-refractivity contribution in [1.82, 2.24) is 0 Å². The van der Waals surface area contributed by atoms with Gasteiger partial charge in [0.1, 0.15) is 5.75 Å². The Balaban J connectivity index is 1.49. The van der Waals surface area contributed by atoms with Gasteiger partial charge in [0.15, 0.2) is 6.61 Å². The first-order valence-electron chi connectivity index (χ1n) is 11.8. The van der Waals surface area contributed by atoms with Crippen molar-refractivity contribution in [3.8, 4) is 5.75 Å². The van der Waals surface area contributed by atoms with Crippen molar-refractivity contribution in [3.63, 3.8) is 0 Å². The van der Waals surface area contributed by atoms with Crippen molar-refractivity contribution in [2.24, 2.45) is 17.8 Å². The van der Waals surface area contributed by atoms with Crippen LogP contribution in [-0.4, -0.2) is 36.7 Å². The van der Waals surface area contributed by atoms with Crippen LogP contribution in [0.3, 0.4) is 0 Å². The van der Waals surface area contributed by atoms with Crippen molar-refractivity contribution in [2.45, 2.75) is 43.9 Å². The molecule has 2 aromatic carbocycles. The van der Waals surface area contributed by atoms with Crippen LogP contribution in [0.4, 0.5) is 5.69 Å². The number of carbonyl (C=O) groups is 3. The number of amides is 1. The normalized spacial score (nSPS) is 26.7. The zero-order valence-electron chi connectivity index (χ0n) is 19.2. The third-order valence-corrected chi connectivity index (χ3v) is 7.83. The van der Waals surface area contributed by atoms with Gasteiger partial charge in [0, 0.05) is 11.1 Å². The minimum atomic E-state index is -1.10. The first-order valence-corrected chi connectivity index (χ1v) is 11.8. The quantitative estimate of drug-likeness (QED) is 0.579. The van der Waals surface area contributed by atoms with Crippen molar-refractivity contribution in [2.75, 3.05) is 19.0 Å². The fourth-order valence-electron chi connectivity index (χ4n) is 6.82. The molecule has 4 aliphatic rings. The number of para-hydroxylation sites is 1. The summed E-state index contributed by atoms with van der Waals surface area (Å²) >= 11 is 0. The number of methoxy groups -OCH3 is 1. The van der Waals surface area contributed by atoms with E-state index < -0.39 is 11.9 Å². The summed E-state index contributed by atoms with van der Waals surface area (Å²) < 4.78 is 10.6. The zero-order chi connectivity index (χ0) is 23.9. The predicted octanol–water partition coefficient (Wildman–Crippen LogP) is 4.66. The molecule has 2 N–H and O–H groups in total. The molecule has 0 aliphatic heterocycles. The highest BCUT2D eigenvalue weighted by molar-refractivity contribution is 6.07. The number of hydrogen-bond donors (Lipinski definition) is 2. The molecule has 7 nitrogen and oxygen atoms in total. The molecule has 4 aliphatic carbocycles. The van der Waals surface area contributed by atoms with Gasteiger partial charge in [0.05, 0.1) is 18.4 Å². The van der Waals surface area contributed by atoms with Crippen LogP contribution in [0.5, 0.6) is 5.75 Å². The van der Waals surface area contributed by atoms with E-state index in [1.807, 2.05) is 6.07 Å². The van der Waals surface area contributed by atoms with Crippen molar-refractivity contribution in [3.05, 3.63) is 59.2 Å². The van der Waals surface area contributed by atoms with E-state index in [4.69, 9.17) is 9.47 Å². The molecule has 0 atom stereocenters. The summed E-state index contributed by atoms with van der Waals surface area (Å²) in [6.07, 6.45) is 7.05. The molecule has 4 saturated carbocycles. The Bertz CT molecular complexity index is 1100. The molecule has 0 saturated heterocycles. The molecule has 34 heavy (non-hydrogen) atoms. The standard InChI is InChI=1S/C27H29NO6/c1-33-24(29)15-34-23-7-6-19(25(30)28-22-5-3-2-4-20(22)26(31)32)11-21(23)27-12-16-8-17(13-27)10-18(9-16)14-27/h2-7,11,16-18H,8-10,12-15H2,1H3,(H,28,30)(H,31,32). The smallest absolute Gasteiger partial charge is 0.343 e. The molecule has 4 bridgehead atoms. The van der Waals surface area contributed by atoms with Crippen LogP contribution >= 0.6 is 0 Å². The van der Waals surface area contributed by atoms with Gasteiger partial charge in [0.25, 0.3) is 5.91 Å². The van der Waals surface area contributed by atoms with Gasteiger partial charge in [-0.1, -0.05) is 12.1 Å². The molecule has 2 aromatic rings. The number of rotatable bonds is 7. The van der Waals surface area contributed by atoms with Gasteiger partial charge in [-0.15, -0.1) is 0 Å². The summed E-state index contributed by atoms with van der Waals surface area (Å²) in [5, 5.41) is 12.2. The lowest BCUT2D eigenvalue weighted by Crippen LogP contribution is -2.48. The van der Waals surface area contributed by atoms with Crippen molar-refractivity contribution >= 4 is 23.5 Å². The van der Waals surface area contributed by atoms with E-state index in [2.05, 4.69) is 5.32 Å². The highest BCUT2D eigenvalue weighted by atomic mass is 16.6. The van der Waals surface area contributed by atoms with Crippen LogP contribution in [0.15, 0.2) is 42.5 Å². The fraction of sp³-hybridized carbons (Fsp3) is 0.444. The molecule has 1 amide bonds. The van der Waals surface area contributed by atoms with Gasteiger partial charge < -0.3 is 19.9 Å². The first kappa shape index (κ1) is 22.4. The van der Waals surface area contributed by atoms with Gasteiger partial charge in [-0.3, -0.25) is 4.79 Å². The van der Waals surface area contributed by atoms with E-state index in [9.17, 15) is 19.5 Å². The average molecular weight is 464 g/mol. The molecule has 178 valence electrons. The second-order valence-electron chi connectivity index (χ2n) is 10.1. The molecule has 0 radical (unpaired) electrons. The third kappa shape index (κ3) is 4.15. The second kappa shape index (κ2) is 8.78. The summed E-state index contributed by atoms with van der Waals surface area (Å²) in [5.41, 5.74) is 1.65. The van der Waals surface area contributed by atoms with Gasteiger partial charge in [-0.2, -0.15) is 0 Å². The molecule has 7 heteroatoms. The molecule has 0 spiro atoms. The summed E-state index contributed by atoms with van der Waals surface area (Å²) in [7, 11) is 1.33. The van der Waals surface area contributed by atoms with E-state index in [0.29, 0.717) is 29.1 Å². The van der Waals surface area contributed by atoms with E-state index in [-0.39, 0.29) is 29.2 Å². The lowest BCUT2D eigenvalue weighted by molar-refractivity contribution is -0.143. The maximum absolute atomic E-state index is 13.2. The third-order valence-electron chi connectivity index (χ3n) is 7.83. The summed E-state index contributed by atoms with van der Waals surface area (Å²) in [4.78, 5) is 36.5. The van der Waals surface area contributed by atoms with Gasteiger partial charge in [0.2, 0.25) is 0 Å².